The number of aromatic nitrogens is 1. The summed E-state index contributed by atoms with van der Waals surface area (Å²) in [7, 11) is -3.34. The van der Waals surface area contributed by atoms with E-state index in [-0.39, 0.29) is 0 Å². The molecule has 3 fully saturated rings. The monoisotopic (exact) mass is 392 g/mol. The van der Waals surface area contributed by atoms with Gasteiger partial charge in [-0.1, -0.05) is 18.9 Å². The second-order valence-electron chi connectivity index (χ2n) is 8.30. The summed E-state index contributed by atoms with van der Waals surface area (Å²) >= 11 is 0. The van der Waals surface area contributed by atoms with Gasteiger partial charge in [0.15, 0.2) is 0 Å². The third-order valence-electron chi connectivity index (χ3n) is 6.37. The van der Waals surface area contributed by atoms with Gasteiger partial charge in [-0.3, -0.25) is 9.88 Å². The van der Waals surface area contributed by atoms with Gasteiger partial charge in [-0.05, 0) is 50.2 Å². The normalized spacial score (nSPS) is 27.2. The summed E-state index contributed by atoms with van der Waals surface area (Å²) in [4.78, 5) is 7.06. The van der Waals surface area contributed by atoms with Crippen molar-refractivity contribution < 1.29 is 8.42 Å². The van der Waals surface area contributed by atoms with Gasteiger partial charge in [0.25, 0.3) is 10.2 Å². The number of nitrogens with zero attached hydrogens (tertiary/aromatic N) is 4. The average molecular weight is 393 g/mol. The summed E-state index contributed by atoms with van der Waals surface area (Å²) in [5.41, 5.74) is 1.06. The Morgan fingerprint density at radius 1 is 0.926 bits per heavy atom. The van der Waals surface area contributed by atoms with Crippen molar-refractivity contribution in [2.75, 3.05) is 39.3 Å². The van der Waals surface area contributed by atoms with Crippen molar-refractivity contribution in [2.45, 2.75) is 51.0 Å². The lowest BCUT2D eigenvalue weighted by molar-refractivity contribution is 0.187. The topological polar surface area (TPSA) is 56.8 Å². The lowest BCUT2D eigenvalue weighted by Gasteiger charge is -2.29. The van der Waals surface area contributed by atoms with Crippen molar-refractivity contribution in [1.82, 2.24) is 18.5 Å². The Hall–Kier alpha value is -1.02. The highest BCUT2D eigenvalue weighted by Gasteiger charge is 2.37. The molecule has 1 aliphatic carbocycles. The molecule has 1 atom stereocenters. The van der Waals surface area contributed by atoms with Gasteiger partial charge < -0.3 is 0 Å². The number of rotatable bonds is 5. The Balaban J connectivity index is 1.52. The molecule has 2 aliphatic heterocycles. The van der Waals surface area contributed by atoms with Crippen LogP contribution in [0.15, 0.2) is 24.4 Å². The molecule has 0 N–H and O–H groups in total. The third kappa shape index (κ3) is 4.53. The van der Waals surface area contributed by atoms with Gasteiger partial charge in [0.05, 0.1) is 0 Å². The van der Waals surface area contributed by atoms with Crippen molar-refractivity contribution in [3.05, 3.63) is 30.1 Å². The van der Waals surface area contributed by atoms with Gasteiger partial charge in [0.2, 0.25) is 0 Å². The molecule has 3 aliphatic rings. The van der Waals surface area contributed by atoms with Crippen LogP contribution in [-0.2, 0) is 16.6 Å². The Bertz CT molecular complexity index is 700. The van der Waals surface area contributed by atoms with Gasteiger partial charge in [-0.15, -0.1) is 0 Å². The molecule has 6 nitrogen and oxygen atoms in total. The SMILES string of the molecule is O=S(=O)(N1CCCC1)N1CCN(C2CCCC2)C[C@H](Cc2ccccn2)C1. The van der Waals surface area contributed by atoms with Crippen LogP contribution in [0.25, 0.3) is 0 Å². The van der Waals surface area contributed by atoms with E-state index in [1.165, 1.54) is 25.7 Å². The molecule has 4 rings (SSSR count). The van der Waals surface area contributed by atoms with E-state index in [4.69, 9.17) is 0 Å². The lowest BCUT2D eigenvalue weighted by atomic mass is 10.0. The molecule has 7 heteroatoms. The maximum Gasteiger partial charge on any atom is 0.282 e. The third-order valence-corrected chi connectivity index (χ3v) is 8.38. The van der Waals surface area contributed by atoms with Gasteiger partial charge in [-0.2, -0.15) is 17.0 Å². The molecule has 27 heavy (non-hydrogen) atoms. The van der Waals surface area contributed by atoms with Gasteiger partial charge >= 0.3 is 0 Å². The molecular weight excluding hydrogens is 360 g/mol. The van der Waals surface area contributed by atoms with Crippen LogP contribution in [-0.4, -0.2) is 72.2 Å². The molecule has 0 amide bonds. The zero-order chi connectivity index (χ0) is 18.7. The van der Waals surface area contributed by atoms with Crippen molar-refractivity contribution in [3.63, 3.8) is 0 Å². The first kappa shape index (κ1) is 19.3. The molecule has 0 unspecified atom stereocenters. The maximum atomic E-state index is 13.2. The van der Waals surface area contributed by atoms with Gasteiger partial charge in [0, 0.05) is 57.2 Å². The fourth-order valence-corrected chi connectivity index (χ4v) is 6.69. The van der Waals surface area contributed by atoms with Crippen LogP contribution in [0.4, 0.5) is 0 Å². The highest BCUT2D eigenvalue weighted by Crippen LogP contribution is 2.28. The lowest BCUT2D eigenvalue weighted by Crippen LogP contribution is -2.45. The van der Waals surface area contributed by atoms with Crippen LogP contribution in [0.2, 0.25) is 0 Å². The minimum Gasteiger partial charge on any atom is -0.299 e. The van der Waals surface area contributed by atoms with Crippen molar-refractivity contribution in [3.8, 4) is 0 Å². The second kappa shape index (κ2) is 8.55. The number of hydrogen-bond donors (Lipinski definition) is 0. The summed E-state index contributed by atoms with van der Waals surface area (Å²) in [5.74, 6) is 0.292. The van der Waals surface area contributed by atoms with Crippen molar-refractivity contribution in [2.24, 2.45) is 5.92 Å². The van der Waals surface area contributed by atoms with E-state index in [9.17, 15) is 8.42 Å². The highest BCUT2D eigenvalue weighted by molar-refractivity contribution is 7.86. The predicted molar refractivity (Wildman–Crippen MR) is 107 cm³/mol. The fraction of sp³-hybridized carbons (Fsp3) is 0.750. The molecule has 0 aromatic carbocycles. The maximum absolute atomic E-state index is 13.2. The second-order valence-corrected chi connectivity index (χ2v) is 10.2. The minimum absolute atomic E-state index is 0.292. The fourth-order valence-electron chi connectivity index (χ4n) is 4.94. The van der Waals surface area contributed by atoms with E-state index in [2.05, 4.69) is 16.0 Å². The Labute approximate surface area is 163 Å². The van der Waals surface area contributed by atoms with E-state index in [1.54, 1.807) is 8.61 Å². The van der Waals surface area contributed by atoms with Crippen LogP contribution in [0.1, 0.15) is 44.2 Å². The van der Waals surface area contributed by atoms with Crippen LogP contribution < -0.4 is 0 Å². The zero-order valence-corrected chi connectivity index (χ0v) is 17.0. The van der Waals surface area contributed by atoms with E-state index < -0.39 is 10.2 Å². The highest BCUT2D eigenvalue weighted by atomic mass is 32.2. The van der Waals surface area contributed by atoms with Crippen molar-refractivity contribution in [1.29, 1.82) is 0 Å². The van der Waals surface area contributed by atoms with Crippen molar-refractivity contribution >= 4 is 10.2 Å². The smallest absolute Gasteiger partial charge is 0.282 e. The Morgan fingerprint density at radius 2 is 1.70 bits per heavy atom. The summed E-state index contributed by atoms with van der Waals surface area (Å²) in [6.45, 7) is 4.42. The minimum atomic E-state index is -3.34. The molecule has 1 aromatic heterocycles. The standard InChI is InChI=1S/C20H32N4O2S/c25-27(26,23-11-5-6-12-23)24-14-13-22(20-8-1-2-9-20)16-18(17-24)15-19-7-3-4-10-21-19/h3-4,7,10,18,20H,1-2,5-6,8-9,11-17H2/t18-/m0/s1. The zero-order valence-electron chi connectivity index (χ0n) is 16.2. The first-order chi connectivity index (χ1) is 13.1. The van der Waals surface area contributed by atoms with E-state index in [0.717, 1.165) is 38.0 Å². The molecule has 3 heterocycles. The van der Waals surface area contributed by atoms with E-state index in [1.807, 2.05) is 18.3 Å². The molecule has 2 saturated heterocycles. The molecule has 0 bridgehead atoms. The van der Waals surface area contributed by atoms with E-state index >= 15 is 0 Å². The quantitative estimate of drug-likeness (QED) is 0.770. The molecule has 1 saturated carbocycles. The first-order valence-corrected chi connectivity index (χ1v) is 11.9. The summed E-state index contributed by atoms with van der Waals surface area (Å²) < 4.78 is 29.8. The van der Waals surface area contributed by atoms with Crippen LogP contribution in [0, 0.1) is 5.92 Å². The Kier molecular flexibility index (Phi) is 6.12. The van der Waals surface area contributed by atoms with Gasteiger partial charge in [-0.25, -0.2) is 0 Å². The molecule has 1 aromatic rings. The average Bonchev–Trinajstić information content (AvgIpc) is 3.35. The molecule has 150 valence electrons. The summed E-state index contributed by atoms with van der Waals surface area (Å²) in [6.07, 6.45) is 9.78. The predicted octanol–water partition coefficient (Wildman–Crippen LogP) is 2.14. The van der Waals surface area contributed by atoms with E-state index in [0.29, 0.717) is 38.1 Å². The molecular formula is C20H32N4O2S. The number of pyridine rings is 1. The van der Waals surface area contributed by atoms with Crippen LogP contribution in [0.5, 0.6) is 0 Å². The summed E-state index contributed by atoms with van der Waals surface area (Å²) in [5, 5.41) is 0. The van der Waals surface area contributed by atoms with Crippen LogP contribution in [0.3, 0.4) is 0 Å². The Morgan fingerprint density at radius 3 is 2.41 bits per heavy atom. The largest absolute Gasteiger partial charge is 0.299 e. The van der Waals surface area contributed by atoms with Gasteiger partial charge in [0.1, 0.15) is 0 Å². The molecule has 0 spiro atoms. The molecule has 0 radical (unpaired) electrons. The first-order valence-electron chi connectivity index (χ1n) is 10.5. The number of hydrogen-bond acceptors (Lipinski definition) is 4. The summed E-state index contributed by atoms with van der Waals surface area (Å²) in [6, 6.07) is 6.65. The van der Waals surface area contributed by atoms with Crippen LogP contribution >= 0.6 is 0 Å².